The van der Waals surface area contributed by atoms with E-state index in [-0.39, 0.29) is 0 Å². The van der Waals surface area contributed by atoms with Gasteiger partial charge in [0.25, 0.3) is 0 Å². The Hall–Kier alpha value is -0.917. The molecule has 1 aliphatic heterocycles. The Morgan fingerprint density at radius 3 is 2.71 bits per heavy atom. The van der Waals surface area contributed by atoms with Gasteiger partial charge >= 0.3 is 27.0 Å². The second-order valence-corrected chi connectivity index (χ2v) is 3.60. The third-order valence-electron chi connectivity index (χ3n) is 2.65. The average molecular weight is 296 g/mol. The molecule has 1 aromatic heterocycles. The molecule has 3 rings (SSSR count). The summed E-state index contributed by atoms with van der Waals surface area (Å²) >= 11 is 0.847. The van der Waals surface area contributed by atoms with Gasteiger partial charge in [0.15, 0.2) is 0 Å². The molecule has 0 atom stereocenters. The first-order chi connectivity index (χ1) is 8.45. The molecule has 1 aromatic carbocycles. The Kier molecular flexibility index (Phi) is 4.52. The maximum atomic E-state index is 4.76. The predicted molar refractivity (Wildman–Crippen MR) is 66.1 cm³/mol. The molecule has 0 unspecified atom stereocenters. The Morgan fingerprint density at radius 2 is 1.94 bits per heavy atom. The standard InChI is InChI=1S/C13H11N2.ClH.Zn/c1-2-5-11(6-3-1)13-12-7-4-9-15(12)10-8-14-13;;/h1-7H,8,10H2;1H;/q-1;;+2/p-1. The summed E-state index contributed by atoms with van der Waals surface area (Å²) in [5.41, 5.74) is 3.45. The van der Waals surface area contributed by atoms with Gasteiger partial charge in [-0.25, -0.2) is 0 Å². The van der Waals surface area contributed by atoms with Gasteiger partial charge < -0.3 is 4.57 Å². The van der Waals surface area contributed by atoms with Crippen LogP contribution in [0.25, 0.3) is 0 Å². The molecule has 2 aromatic rings. The first-order valence-corrected chi connectivity index (χ1v) is 9.29. The summed E-state index contributed by atoms with van der Waals surface area (Å²) < 4.78 is 2.13. The van der Waals surface area contributed by atoms with Gasteiger partial charge in [0, 0.05) is 12.3 Å². The summed E-state index contributed by atoms with van der Waals surface area (Å²) in [5.74, 6) is 0. The van der Waals surface area contributed by atoms with Gasteiger partial charge in [-0.15, -0.1) is 6.20 Å². The van der Waals surface area contributed by atoms with Gasteiger partial charge in [0.1, 0.15) is 0 Å². The minimum atomic E-state index is 0.847. The largest absolute Gasteiger partial charge is 0.461 e. The second-order valence-electron chi connectivity index (χ2n) is 3.60. The maximum absolute atomic E-state index is 4.76. The zero-order chi connectivity index (χ0) is 12.1. The molecule has 0 spiro atoms. The van der Waals surface area contributed by atoms with E-state index >= 15 is 0 Å². The monoisotopic (exact) mass is 294 g/mol. The number of hydrogen-bond donors (Lipinski definition) is 0. The minimum absolute atomic E-state index is 0.847. The van der Waals surface area contributed by atoms with Crippen molar-refractivity contribution in [2.24, 2.45) is 4.99 Å². The van der Waals surface area contributed by atoms with Crippen LogP contribution in [-0.2, 0) is 23.9 Å². The Labute approximate surface area is 115 Å². The van der Waals surface area contributed by atoms with E-state index in [1.54, 1.807) is 0 Å². The van der Waals surface area contributed by atoms with Crippen LogP contribution >= 0.6 is 9.69 Å². The van der Waals surface area contributed by atoms with Crippen molar-refractivity contribution in [2.75, 3.05) is 6.54 Å². The van der Waals surface area contributed by atoms with Crippen molar-refractivity contribution in [1.82, 2.24) is 4.57 Å². The van der Waals surface area contributed by atoms with E-state index in [2.05, 4.69) is 34.0 Å². The molecule has 2 heterocycles. The number of fused-ring (bicyclic) bond motifs is 1. The van der Waals surface area contributed by atoms with Crippen LogP contribution < -0.4 is 0 Å². The molecule has 2 nitrogen and oxygen atoms in total. The van der Waals surface area contributed by atoms with Crippen LogP contribution in [0.15, 0.2) is 47.5 Å². The molecule has 0 bridgehead atoms. The molecule has 0 fully saturated rings. The van der Waals surface area contributed by atoms with Crippen LogP contribution in [0.3, 0.4) is 0 Å². The molecular formula is C13H11ClN2Zn. The van der Waals surface area contributed by atoms with Crippen LogP contribution in [0.5, 0.6) is 0 Å². The van der Waals surface area contributed by atoms with Crippen molar-refractivity contribution in [2.45, 2.75) is 6.54 Å². The summed E-state index contributed by atoms with van der Waals surface area (Å²) in [7, 11) is 4.76. The van der Waals surface area contributed by atoms with Crippen molar-refractivity contribution in [3.63, 3.8) is 0 Å². The fourth-order valence-electron chi connectivity index (χ4n) is 1.94. The second kappa shape index (κ2) is 6.13. The van der Waals surface area contributed by atoms with E-state index in [9.17, 15) is 0 Å². The zero-order valence-electron chi connectivity index (χ0n) is 9.44. The van der Waals surface area contributed by atoms with Crippen LogP contribution in [0.1, 0.15) is 11.3 Å². The minimum Gasteiger partial charge on any atom is -0.461 e. The van der Waals surface area contributed by atoms with E-state index in [0.717, 1.165) is 36.1 Å². The molecule has 0 saturated heterocycles. The van der Waals surface area contributed by atoms with E-state index in [4.69, 9.17) is 9.69 Å². The molecule has 1 aliphatic rings. The molecule has 4 heteroatoms. The van der Waals surface area contributed by atoms with Crippen molar-refractivity contribution in [1.29, 1.82) is 0 Å². The first kappa shape index (κ1) is 12.5. The molecule has 0 saturated carbocycles. The number of hydrogen-bond acceptors (Lipinski definition) is 1. The normalized spacial score (nSPS) is 13.2. The third kappa shape index (κ3) is 2.67. The summed E-state index contributed by atoms with van der Waals surface area (Å²) in [5, 5.41) is 0. The zero-order valence-corrected chi connectivity index (χ0v) is 13.2. The van der Waals surface area contributed by atoms with Gasteiger partial charge in [0.2, 0.25) is 0 Å². The van der Waals surface area contributed by atoms with Crippen LogP contribution in [-0.4, -0.2) is 16.8 Å². The van der Waals surface area contributed by atoms with Crippen molar-refractivity contribution < 1.29 is 17.3 Å². The van der Waals surface area contributed by atoms with E-state index in [0.29, 0.717) is 0 Å². The number of aliphatic imine (C=N–C) groups is 1. The van der Waals surface area contributed by atoms with Crippen molar-refractivity contribution in [3.05, 3.63) is 59.9 Å². The topological polar surface area (TPSA) is 17.3 Å². The maximum Gasteiger partial charge on any atom is 0.0543 e. The molecular weight excluding hydrogens is 285 g/mol. The van der Waals surface area contributed by atoms with Crippen molar-refractivity contribution >= 4 is 15.4 Å². The number of aromatic nitrogens is 1. The van der Waals surface area contributed by atoms with Gasteiger partial charge in [-0.05, 0) is 5.56 Å². The quantitative estimate of drug-likeness (QED) is 0.569. The summed E-state index contributed by atoms with van der Waals surface area (Å²) in [6.45, 7) is 1.79. The number of nitrogens with zero attached hydrogens (tertiary/aromatic N) is 2. The Morgan fingerprint density at radius 1 is 1.18 bits per heavy atom. The van der Waals surface area contributed by atoms with Crippen LogP contribution in [0, 0.1) is 6.20 Å². The van der Waals surface area contributed by atoms with Crippen LogP contribution in [0.4, 0.5) is 0 Å². The van der Waals surface area contributed by atoms with Crippen LogP contribution in [0.2, 0.25) is 0 Å². The summed E-state index contributed by atoms with van der Waals surface area (Å²) in [6.07, 6.45) is 3.19. The molecule has 0 amide bonds. The predicted octanol–water partition coefficient (Wildman–Crippen LogP) is 2.83. The number of rotatable bonds is 1. The van der Waals surface area contributed by atoms with Gasteiger partial charge in [-0.1, -0.05) is 36.0 Å². The number of halogens is 1. The molecule has 17 heavy (non-hydrogen) atoms. The van der Waals surface area contributed by atoms with E-state index < -0.39 is 0 Å². The van der Waals surface area contributed by atoms with E-state index in [1.807, 2.05) is 24.3 Å². The Bertz CT molecular complexity index is 505. The fraction of sp³-hybridized carbons (Fsp3) is 0.154. The molecule has 82 valence electrons. The van der Waals surface area contributed by atoms with Gasteiger partial charge in [-0.2, -0.15) is 12.1 Å². The van der Waals surface area contributed by atoms with Gasteiger partial charge in [0.05, 0.1) is 6.54 Å². The van der Waals surface area contributed by atoms with E-state index in [1.165, 1.54) is 11.3 Å². The average Bonchev–Trinajstić information content (AvgIpc) is 2.90. The molecule has 0 radical (unpaired) electrons. The fourth-order valence-corrected chi connectivity index (χ4v) is 1.94. The van der Waals surface area contributed by atoms with Crippen molar-refractivity contribution in [3.8, 4) is 0 Å². The molecule has 0 aliphatic carbocycles. The smallest absolute Gasteiger partial charge is 0.0543 e. The molecule has 0 N–H and O–H groups in total. The van der Waals surface area contributed by atoms with Gasteiger partial charge in [-0.3, -0.25) is 4.99 Å². The third-order valence-corrected chi connectivity index (χ3v) is 2.65. The first-order valence-electron chi connectivity index (χ1n) is 5.39. The summed E-state index contributed by atoms with van der Waals surface area (Å²) in [6, 6.07) is 14.3. The summed E-state index contributed by atoms with van der Waals surface area (Å²) in [4.78, 5) is 4.59. The SMILES string of the molecule is [Cl][Zn+].[c-]1ccc2n1CCN=C2c1ccccc1. The number of benzene rings is 1. The Balaban J connectivity index is 0.000000514.